The minimum absolute atomic E-state index is 0.185. The molecule has 0 aliphatic heterocycles. The van der Waals surface area contributed by atoms with Gasteiger partial charge in [0, 0.05) is 12.0 Å². The monoisotopic (exact) mass is 263 g/mol. The van der Waals surface area contributed by atoms with Crippen LogP contribution < -0.4 is 10.5 Å². The molecule has 0 radical (unpaired) electrons. The van der Waals surface area contributed by atoms with Gasteiger partial charge >= 0.3 is 5.97 Å². The molecule has 0 amide bonds. The quantitative estimate of drug-likeness (QED) is 0.796. The highest BCUT2D eigenvalue weighted by Crippen LogP contribution is 2.40. The van der Waals surface area contributed by atoms with E-state index in [1.165, 1.54) is 13.5 Å². The van der Waals surface area contributed by atoms with Crippen molar-refractivity contribution in [2.75, 3.05) is 20.3 Å². The number of carbonyl (C=O) groups excluding carboxylic acids is 1. The predicted molar refractivity (Wildman–Crippen MR) is 73.0 cm³/mol. The summed E-state index contributed by atoms with van der Waals surface area (Å²) in [5, 5.41) is 0. The molecule has 0 spiro atoms. The summed E-state index contributed by atoms with van der Waals surface area (Å²) in [5.74, 6) is 0.596. The maximum absolute atomic E-state index is 11.1. The summed E-state index contributed by atoms with van der Waals surface area (Å²) < 4.78 is 10.4. The standard InChI is InChI=1S/C15H21NO3/c1-18-14(17)9-12-3-5-13(6-4-12)19-11-15(10-16)7-2-8-15/h3-6H,2,7-11,16H2,1H3. The van der Waals surface area contributed by atoms with E-state index in [9.17, 15) is 4.79 Å². The number of nitrogens with two attached hydrogens (primary N) is 1. The third kappa shape index (κ3) is 3.47. The fraction of sp³-hybridized carbons (Fsp3) is 0.533. The van der Waals surface area contributed by atoms with Crippen molar-refractivity contribution in [1.29, 1.82) is 0 Å². The van der Waals surface area contributed by atoms with Gasteiger partial charge < -0.3 is 15.2 Å². The zero-order valence-electron chi connectivity index (χ0n) is 11.4. The Kier molecular flexibility index (Phi) is 4.43. The topological polar surface area (TPSA) is 61.5 Å². The van der Waals surface area contributed by atoms with Gasteiger partial charge in [-0.25, -0.2) is 0 Å². The lowest BCUT2D eigenvalue weighted by Gasteiger charge is -2.40. The van der Waals surface area contributed by atoms with Gasteiger partial charge in [0.1, 0.15) is 5.75 Å². The molecule has 104 valence electrons. The second-order valence-corrected chi connectivity index (χ2v) is 5.24. The summed E-state index contributed by atoms with van der Waals surface area (Å²) in [6.45, 7) is 1.37. The Morgan fingerprint density at radius 2 is 2.00 bits per heavy atom. The largest absolute Gasteiger partial charge is 0.493 e. The number of esters is 1. The molecular weight excluding hydrogens is 242 g/mol. The van der Waals surface area contributed by atoms with E-state index in [2.05, 4.69) is 4.74 Å². The lowest BCUT2D eigenvalue weighted by atomic mass is 9.69. The SMILES string of the molecule is COC(=O)Cc1ccc(OCC2(CN)CCC2)cc1. The molecule has 0 aromatic heterocycles. The van der Waals surface area contributed by atoms with Crippen LogP contribution in [0.2, 0.25) is 0 Å². The summed E-state index contributed by atoms with van der Waals surface area (Å²) in [4.78, 5) is 11.1. The number of benzene rings is 1. The minimum atomic E-state index is -0.231. The highest BCUT2D eigenvalue weighted by atomic mass is 16.5. The van der Waals surface area contributed by atoms with Crippen LogP contribution in [0.5, 0.6) is 5.75 Å². The van der Waals surface area contributed by atoms with E-state index in [-0.39, 0.29) is 11.4 Å². The molecule has 0 atom stereocenters. The van der Waals surface area contributed by atoms with E-state index < -0.39 is 0 Å². The van der Waals surface area contributed by atoms with Crippen LogP contribution in [0, 0.1) is 5.41 Å². The summed E-state index contributed by atoms with van der Waals surface area (Å²) in [6, 6.07) is 7.56. The Morgan fingerprint density at radius 3 is 2.47 bits per heavy atom. The Bertz CT molecular complexity index is 418. The lowest BCUT2D eigenvalue weighted by Crippen LogP contribution is -2.42. The highest BCUT2D eigenvalue weighted by Gasteiger charge is 2.36. The normalized spacial score (nSPS) is 16.5. The number of ether oxygens (including phenoxy) is 2. The molecule has 0 unspecified atom stereocenters. The third-order valence-electron chi connectivity index (χ3n) is 3.89. The van der Waals surface area contributed by atoms with Crippen LogP contribution in [-0.2, 0) is 16.0 Å². The van der Waals surface area contributed by atoms with Gasteiger partial charge in [0.05, 0.1) is 20.1 Å². The summed E-state index contributed by atoms with van der Waals surface area (Å²) in [5.41, 5.74) is 6.91. The van der Waals surface area contributed by atoms with E-state index in [0.717, 1.165) is 24.2 Å². The first-order chi connectivity index (χ1) is 9.17. The molecule has 1 aromatic rings. The molecule has 19 heavy (non-hydrogen) atoms. The van der Waals surface area contributed by atoms with Crippen molar-refractivity contribution in [2.24, 2.45) is 11.1 Å². The van der Waals surface area contributed by atoms with Crippen molar-refractivity contribution in [1.82, 2.24) is 0 Å². The van der Waals surface area contributed by atoms with Crippen LogP contribution in [0.1, 0.15) is 24.8 Å². The van der Waals surface area contributed by atoms with Gasteiger partial charge in [0.25, 0.3) is 0 Å². The van der Waals surface area contributed by atoms with Crippen molar-refractivity contribution in [3.8, 4) is 5.75 Å². The molecule has 0 heterocycles. The molecule has 0 bridgehead atoms. The molecule has 2 rings (SSSR count). The van der Waals surface area contributed by atoms with Crippen molar-refractivity contribution >= 4 is 5.97 Å². The van der Waals surface area contributed by atoms with Crippen LogP contribution in [0.3, 0.4) is 0 Å². The number of carbonyl (C=O) groups is 1. The minimum Gasteiger partial charge on any atom is -0.493 e. The van der Waals surface area contributed by atoms with Crippen molar-refractivity contribution < 1.29 is 14.3 Å². The van der Waals surface area contributed by atoms with E-state index in [1.807, 2.05) is 24.3 Å². The number of rotatable bonds is 6. The summed E-state index contributed by atoms with van der Waals surface area (Å²) in [7, 11) is 1.39. The van der Waals surface area contributed by atoms with Crippen LogP contribution in [-0.4, -0.2) is 26.2 Å². The molecule has 1 saturated carbocycles. The first kappa shape index (κ1) is 13.9. The molecule has 1 aromatic carbocycles. The average molecular weight is 263 g/mol. The van der Waals surface area contributed by atoms with E-state index in [0.29, 0.717) is 19.6 Å². The Balaban J connectivity index is 1.86. The fourth-order valence-electron chi connectivity index (χ4n) is 2.26. The second-order valence-electron chi connectivity index (χ2n) is 5.24. The Hall–Kier alpha value is -1.55. The molecule has 1 aliphatic carbocycles. The van der Waals surface area contributed by atoms with Crippen LogP contribution in [0.15, 0.2) is 24.3 Å². The highest BCUT2D eigenvalue weighted by molar-refractivity contribution is 5.72. The first-order valence-electron chi connectivity index (χ1n) is 6.66. The average Bonchev–Trinajstić information content (AvgIpc) is 2.39. The number of hydrogen-bond acceptors (Lipinski definition) is 4. The van der Waals surface area contributed by atoms with Gasteiger partial charge in [-0.3, -0.25) is 4.79 Å². The second kappa shape index (κ2) is 6.06. The zero-order chi connectivity index (χ0) is 13.7. The molecule has 4 heteroatoms. The maximum atomic E-state index is 11.1. The predicted octanol–water partition coefficient (Wildman–Crippen LogP) is 1.91. The fourth-order valence-corrected chi connectivity index (χ4v) is 2.26. The maximum Gasteiger partial charge on any atom is 0.309 e. The molecule has 0 saturated heterocycles. The van der Waals surface area contributed by atoms with Crippen LogP contribution in [0.4, 0.5) is 0 Å². The van der Waals surface area contributed by atoms with Gasteiger partial charge in [0.15, 0.2) is 0 Å². The number of methoxy groups -OCH3 is 1. The van der Waals surface area contributed by atoms with Crippen LogP contribution in [0.25, 0.3) is 0 Å². The van der Waals surface area contributed by atoms with Gasteiger partial charge in [-0.05, 0) is 30.5 Å². The van der Waals surface area contributed by atoms with Crippen LogP contribution >= 0.6 is 0 Å². The van der Waals surface area contributed by atoms with E-state index >= 15 is 0 Å². The summed E-state index contributed by atoms with van der Waals surface area (Å²) in [6.07, 6.45) is 3.86. The Morgan fingerprint density at radius 1 is 1.32 bits per heavy atom. The van der Waals surface area contributed by atoms with Crippen molar-refractivity contribution in [2.45, 2.75) is 25.7 Å². The molecule has 4 nitrogen and oxygen atoms in total. The van der Waals surface area contributed by atoms with Gasteiger partial charge in [0.2, 0.25) is 0 Å². The van der Waals surface area contributed by atoms with E-state index in [1.54, 1.807) is 0 Å². The molecule has 2 N–H and O–H groups in total. The number of hydrogen-bond donors (Lipinski definition) is 1. The smallest absolute Gasteiger partial charge is 0.309 e. The molecule has 1 fully saturated rings. The molecular formula is C15H21NO3. The zero-order valence-corrected chi connectivity index (χ0v) is 11.4. The Labute approximate surface area is 113 Å². The molecule has 1 aliphatic rings. The van der Waals surface area contributed by atoms with E-state index in [4.69, 9.17) is 10.5 Å². The van der Waals surface area contributed by atoms with Crippen molar-refractivity contribution in [3.05, 3.63) is 29.8 Å². The lowest BCUT2D eigenvalue weighted by molar-refractivity contribution is -0.139. The first-order valence-corrected chi connectivity index (χ1v) is 6.66. The van der Waals surface area contributed by atoms with Gasteiger partial charge in [-0.2, -0.15) is 0 Å². The summed E-state index contributed by atoms with van der Waals surface area (Å²) >= 11 is 0. The van der Waals surface area contributed by atoms with Gasteiger partial charge in [-0.15, -0.1) is 0 Å². The third-order valence-corrected chi connectivity index (χ3v) is 3.89. The van der Waals surface area contributed by atoms with Crippen molar-refractivity contribution in [3.63, 3.8) is 0 Å². The van der Waals surface area contributed by atoms with Gasteiger partial charge in [-0.1, -0.05) is 18.6 Å².